The molecule has 1 heterocycles. The van der Waals surface area contributed by atoms with Gasteiger partial charge in [0.2, 0.25) is 11.7 Å². The van der Waals surface area contributed by atoms with Crippen molar-refractivity contribution >= 4 is 29.8 Å². The van der Waals surface area contributed by atoms with Gasteiger partial charge in [0, 0.05) is 23.9 Å². The lowest BCUT2D eigenvalue weighted by atomic mass is 9.80. The first kappa shape index (κ1) is 32.6. The minimum atomic E-state index is -0.902. The predicted octanol–water partition coefficient (Wildman–Crippen LogP) is 5.31. The van der Waals surface area contributed by atoms with Gasteiger partial charge in [0.1, 0.15) is 17.9 Å². The molecule has 2 N–H and O–H groups in total. The highest BCUT2D eigenvalue weighted by molar-refractivity contribution is 5.97. The highest BCUT2D eigenvalue weighted by Gasteiger charge is 2.47. The normalized spacial score (nSPS) is 17.3. The third kappa shape index (κ3) is 7.65. The first-order valence-electron chi connectivity index (χ1n) is 13.7. The summed E-state index contributed by atoms with van der Waals surface area (Å²) in [4.78, 5) is 25.7. The maximum atomic E-state index is 13.0. The molecule has 1 saturated heterocycles. The van der Waals surface area contributed by atoms with Gasteiger partial charge in [-0.25, -0.2) is 4.79 Å². The lowest BCUT2D eigenvalue weighted by molar-refractivity contribution is -0.298. The zero-order chi connectivity index (χ0) is 31.2. The molecule has 2 aromatic carbocycles. The topological polar surface area (TPSA) is 127 Å². The van der Waals surface area contributed by atoms with E-state index in [1.165, 1.54) is 7.11 Å². The fourth-order valence-corrected chi connectivity index (χ4v) is 5.24. The zero-order valence-electron chi connectivity index (χ0n) is 25.8. The number of nitrogens with zero attached hydrogens (tertiary/aromatic N) is 1. The van der Waals surface area contributed by atoms with Crippen LogP contribution in [0.15, 0.2) is 30.3 Å². The van der Waals surface area contributed by atoms with Crippen molar-refractivity contribution in [2.24, 2.45) is 0 Å². The number of rotatable bonds is 10. The molecule has 1 fully saturated rings. The Labute approximate surface area is 247 Å². The van der Waals surface area contributed by atoms with Crippen LogP contribution in [-0.4, -0.2) is 68.7 Å². The number of ether oxygens (including phenoxy) is 5. The van der Waals surface area contributed by atoms with Crippen LogP contribution in [0.25, 0.3) is 12.2 Å². The van der Waals surface area contributed by atoms with E-state index in [1.54, 1.807) is 40.4 Å². The summed E-state index contributed by atoms with van der Waals surface area (Å²) >= 11 is 0. The van der Waals surface area contributed by atoms with Crippen molar-refractivity contribution in [3.05, 3.63) is 41.5 Å². The number of hydroxylamine groups is 2. The molecule has 2 amide bonds. The van der Waals surface area contributed by atoms with Gasteiger partial charge in [0.15, 0.2) is 11.5 Å². The number of alkyl carbamates (subject to hydrolysis) is 1. The van der Waals surface area contributed by atoms with Crippen LogP contribution in [-0.2, 0) is 14.7 Å². The van der Waals surface area contributed by atoms with E-state index in [-0.39, 0.29) is 0 Å². The molecule has 229 valence electrons. The van der Waals surface area contributed by atoms with E-state index in [0.717, 1.165) is 16.2 Å². The standard InChI is InChI=1S/C31H42N3O8/c1-19(32-29(36)42-22-17-30(2,3)34(37)31(4,5)18-22)28(35)33-23-14-20(12-13-24(23)38-6)10-11-21-15-25(39-7)27(41-9)26(16-21)40-8/h10-16,19,22H,17-18H2,1-9H3,(H,32,36)(H,33,35)/b11-10+/t19-/m0/s1. The van der Waals surface area contributed by atoms with E-state index >= 15 is 0 Å². The Balaban J connectivity index is 1.68. The summed E-state index contributed by atoms with van der Waals surface area (Å²) in [6, 6.07) is 8.09. The summed E-state index contributed by atoms with van der Waals surface area (Å²) in [7, 11) is 6.16. The summed E-state index contributed by atoms with van der Waals surface area (Å²) < 4.78 is 27.3. The lowest BCUT2D eigenvalue weighted by Gasteiger charge is -2.49. The zero-order valence-corrected chi connectivity index (χ0v) is 25.8. The van der Waals surface area contributed by atoms with Gasteiger partial charge in [0.25, 0.3) is 0 Å². The molecule has 42 heavy (non-hydrogen) atoms. The number of amides is 2. The molecule has 0 saturated carbocycles. The van der Waals surface area contributed by atoms with Crippen LogP contribution in [0.1, 0.15) is 58.6 Å². The van der Waals surface area contributed by atoms with E-state index in [2.05, 4.69) is 10.6 Å². The average molecular weight is 585 g/mol. The molecule has 0 spiro atoms. The van der Waals surface area contributed by atoms with Crippen molar-refractivity contribution in [1.29, 1.82) is 0 Å². The lowest BCUT2D eigenvalue weighted by Crippen LogP contribution is -2.60. The van der Waals surface area contributed by atoms with Gasteiger partial charge in [-0.3, -0.25) is 4.79 Å². The Morgan fingerprint density at radius 1 is 0.857 bits per heavy atom. The molecule has 1 radical (unpaired) electrons. The van der Waals surface area contributed by atoms with E-state index in [1.807, 2.05) is 58.0 Å². The molecule has 1 aliphatic rings. The second kappa shape index (κ2) is 13.3. The molecule has 1 aliphatic heterocycles. The number of benzene rings is 2. The number of hydrogen-bond acceptors (Lipinski definition) is 8. The molecule has 0 aliphatic carbocycles. The van der Waals surface area contributed by atoms with Gasteiger partial charge >= 0.3 is 6.09 Å². The number of anilines is 1. The van der Waals surface area contributed by atoms with Gasteiger partial charge in [-0.1, -0.05) is 18.2 Å². The van der Waals surface area contributed by atoms with Crippen molar-refractivity contribution in [1.82, 2.24) is 10.4 Å². The number of carbonyl (C=O) groups excluding carboxylic acids is 2. The Hall–Kier alpha value is -3.96. The Bertz CT molecular complexity index is 1260. The largest absolute Gasteiger partial charge is 0.495 e. The fraction of sp³-hybridized carbons (Fsp3) is 0.484. The Morgan fingerprint density at radius 3 is 1.93 bits per heavy atom. The highest BCUT2D eigenvalue weighted by Crippen LogP contribution is 2.39. The van der Waals surface area contributed by atoms with Crippen LogP contribution in [0.4, 0.5) is 10.5 Å². The van der Waals surface area contributed by atoms with Crippen LogP contribution >= 0.6 is 0 Å². The maximum absolute atomic E-state index is 13.0. The van der Waals surface area contributed by atoms with E-state index in [9.17, 15) is 14.8 Å². The summed E-state index contributed by atoms with van der Waals surface area (Å²) in [5, 5.41) is 19.1. The number of nitrogens with one attached hydrogen (secondary N) is 2. The molecule has 11 nitrogen and oxygen atoms in total. The number of hydrogen-bond donors (Lipinski definition) is 2. The number of carbonyl (C=O) groups is 2. The molecule has 1 atom stereocenters. The van der Waals surface area contributed by atoms with E-state index in [4.69, 9.17) is 23.7 Å². The Morgan fingerprint density at radius 2 is 1.40 bits per heavy atom. The first-order chi connectivity index (χ1) is 19.7. The van der Waals surface area contributed by atoms with Gasteiger partial charge < -0.3 is 34.3 Å². The van der Waals surface area contributed by atoms with Crippen LogP contribution in [0.3, 0.4) is 0 Å². The smallest absolute Gasteiger partial charge is 0.408 e. The van der Waals surface area contributed by atoms with Crippen LogP contribution in [0.5, 0.6) is 23.0 Å². The molecule has 0 unspecified atom stereocenters. The molecule has 0 bridgehead atoms. The van der Waals surface area contributed by atoms with E-state index in [0.29, 0.717) is 41.5 Å². The van der Waals surface area contributed by atoms with Crippen LogP contribution < -0.4 is 29.6 Å². The van der Waals surface area contributed by atoms with Crippen molar-refractivity contribution in [3.8, 4) is 23.0 Å². The minimum absolute atomic E-state index is 0.390. The van der Waals surface area contributed by atoms with Gasteiger partial charge in [-0.05, 0) is 70.0 Å². The van der Waals surface area contributed by atoms with Crippen LogP contribution in [0.2, 0.25) is 0 Å². The van der Waals surface area contributed by atoms with Gasteiger partial charge in [0.05, 0.1) is 34.1 Å². The highest BCUT2D eigenvalue weighted by atomic mass is 16.6. The minimum Gasteiger partial charge on any atom is -0.495 e. The summed E-state index contributed by atoms with van der Waals surface area (Å²) in [6.45, 7) is 8.87. The molecule has 2 aromatic rings. The Kier molecular flexibility index (Phi) is 10.3. The van der Waals surface area contributed by atoms with Crippen molar-refractivity contribution in [2.45, 2.75) is 70.7 Å². The maximum Gasteiger partial charge on any atom is 0.408 e. The monoisotopic (exact) mass is 584 g/mol. The summed E-state index contributed by atoms with van der Waals surface area (Å²) in [5.41, 5.74) is 0.668. The second-order valence-electron chi connectivity index (χ2n) is 11.5. The first-order valence-corrected chi connectivity index (χ1v) is 13.7. The summed E-state index contributed by atoms with van der Waals surface area (Å²) in [6.07, 6.45) is 3.35. The third-order valence-electron chi connectivity index (χ3n) is 7.19. The molecule has 0 aromatic heterocycles. The van der Waals surface area contributed by atoms with Crippen molar-refractivity contribution in [2.75, 3.05) is 33.8 Å². The predicted molar refractivity (Wildman–Crippen MR) is 159 cm³/mol. The molecule has 11 heteroatoms. The fourth-order valence-electron chi connectivity index (χ4n) is 5.24. The second-order valence-corrected chi connectivity index (χ2v) is 11.5. The van der Waals surface area contributed by atoms with Crippen LogP contribution in [0, 0.1) is 0 Å². The van der Waals surface area contributed by atoms with Crippen molar-refractivity contribution < 1.29 is 38.5 Å². The third-order valence-corrected chi connectivity index (χ3v) is 7.19. The molecular formula is C31H42N3O8. The van der Waals surface area contributed by atoms with Gasteiger partial charge in [-0.15, -0.1) is 10.3 Å². The number of methoxy groups -OCH3 is 4. The summed E-state index contributed by atoms with van der Waals surface area (Å²) in [5.74, 6) is 1.56. The molecule has 3 rings (SSSR count). The average Bonchev–Trinajstić information content (AvgIpc) is 2.93. The van der Waals surface area contributed by atoms with E-state index < -0.39 is 35.2 Å². The number of piperidine rings is 1. The quantitative estimate of drug-likeness (QED) is 0.360. The molecular weight excluding hydrogens is 542 g/mol. The van der Waals surface area contributed by atoms with Gasteiger partial charge in [-0.2, -0.15) is 0 Å². The van der Waals surface area contributed by atoms with Crippen molar-refractivity contribution in [3.63, 3.8) is 0 Å². The SMILES string of the molecule is COc1ccc(/C=C/c2cc(OC)c(OC)c(OC)c2)cc1NC(=O)[C@H](C)NC(=O)OC1CC(C)(C)N([O])C(C)(C)C1.